The van der Waals surface area contributed by atoms with Crippen molar-refractivity contribution in [3.8, 4) is 0 Å². The molecule has 0 bridgehead atoms. The van der Waals surface area contributed by atoms with E-state index in [4.69, 9.17) is 0 Å². The summed E-state index contributed by atoms with van der Waals surface area (Å²) in [5.74, 6) is 0. The Morgan fingerprint density at radius 1 is 1.00 bits per heavy atom. The maximum atomic E-state index is 3.76. The van der Waals surface area contributed by atoms with Crippen molar-refractivity contribution in [3.63, 3.8) is 0 Å². The number of aryl methyl sites for hydroxylation is 1. The minimum absolute atomic E-state index is 0.946. The summed E-state index contributed by atoms with van der Waals surface area (Å²) in [6.07, 6.45) is 6.17. The van der Waals surface area contributed by atoms with Crippen LogP contribution in [-0.2, 0) is 12.8 Å². The van der Waals surface area contributed by atoms with Crippen LogP contribution >= 0.6 is 0 Å². The summed E-state index contributed by atoms with van der Waals surface area (Å²) in [5, 5.41) is 0. The smallest absolute Gasteiger partial charge is 0.00941 e. The van der Waals surface area contributed by atoms with E-state index in [-0.39, 0.29) is 0 Å². The summed E-state index contributed by atoms with van der Waals surface area (Å²) >= 11 is 0. The molecule has 0 heterocycles. The van der Waals surface area contributed by atoms with Crippen LogP contribution in [0.15, 0.2) is 73.3 Å². The summed E-state index contributed by atoms with van der Waals surface area (Å²) in [6.45, 7) is 10.1. The fraction of sp³-hybridized carbons (Fsp3) is 0.238. The molecule has 0 radical (unpaired) electrons. The second kappa shape index (κ2) is 9.77. The Hall–Kier alpha value is -2.08. The van der Waals surface area contributed by atoms with Crippen LogP contribution in [0.25, 0.3) is 5.57 Å². The predicted octanol–water partition coefficient (Wildman–Crippen LogP) is 6.09. The monoisotopic (exact) mass is 278 g/mol. The van der Waals surface area contributed by atoms with Gasteiger partial charge in [0.25, 0.3) is 0 Å². The van der Waals surface area contributed by atoms with Gasteiger partial charge in [0.2, 0.25) is 0 Å². The molecule has 2 aromatic carbocycles. The maximum Gasteiger partial charge on any atom is -0.00941 e. The highest BCUT2D eigenvalue weighted by Gasteiger charge is 1.99. The molecule has 0 aliphatic heterocycles. The fourth-order valence-electron chi connectivity index (χ4n) is 2.11. The Labute approximate surface area is 129 Å². The maximum absolute atomic E-state index is 3.76. The van der Waals surface area contributed by atoms with E-state index < -0.39 is 0 Å². The van der Waals surface area contributed by atoms with Gasteiger partial charge in [0.05, 0.1) is 0 Å². The molecule has 21 heavy (non-hydrogen) atoms. The van der Waals surface area contributed by atoms with E-state index >= 15 is 0 Å². The lowest BCUT2D eigenvalue weighted by atomic mass is 9.99. The third-order valence-electron chi connectivity index (χ3n) is 3.49. The Balaban J connectivity index is 0.000000235. The van der Waals surface area contributed by atoms with E-state index in [9.17, 15) is 0 Å². The van der Waals surface area contributed by atoms with Gasteiger partial charge in [-0.1, -0.05) is 73.7 Å². The van der Waals surface area contributed by atoms with Crippen LogP contribution in [0.3, 0.4) is 0 Å². The summed E-state index contributed by atoms with van der Waals surface area (Å²) in [5.41, 5.74) is 5.43. The van der Waals surface area contributed by atoms with Crippen molar-refractivity contribution in [2.45, 2.75) is 33.6 Å². The van der Waals surface area contributed by atoms with Gasteiger partial charge in [0.15, 0.2) is 0 Å². The van der Waals surface area contributed by atoms with Gasteiger partial charge in [0, 0.05) is 0 Å². The Morgan fingerprint density at radius 3 is 2.14 bits per heavy atom. The van der Waals surface area contributed by atoms with Crippen molar-refractivity contribution in [2.75, 3.05) is 0 Å². The zero-order valence-corrected chi connectivity index (χ0v) is 13.5. The SMILES string of the molecule is C=CCc1ccccc1/C(C)=C\C.CCc1ccccc1. The normalized spacial score (nSPS) is 10.5. The molecule has 0 amide bonds. The molecule has 0 spiro atoms. The van der Waals surface area contributed by atoms with E-state index in [0.29, 0.717) is 0 Å². The molecule has 0 aliphatic rings. The average molecular weight is 278 g/mol. The molecule has 0 saturated heterocycles. The fourth-order valence-corrected chi connectivity index (χ4v) is 2.11. The highest BCUT2D eigenvalue weighted by atomic mass is 14.0. The second-order valence-electron chi connectivity index (χ2n) is 4.96. The number of hydrogen-bond donors (Lipinski definition) is 0. The molecule has 0 atom stereocenters. The van der Waals surface area contributed by atoms with Gasteiger partial charge in [-0.3, -0.25) is 0 Å². The molecule has 0 saturated carbocycles. The second-order valence-corrected chi connectivity index (χ2v) is 4.96. The predicted molar refractivity (Wildman–Crippen MR) is 95.5 cm³/mol. The first-order chi connectivity index (χ1) is 10.2. The third-order valence-corrected chi connectivity index (χ3v) is 3.49. The first-order valence-electron chi connectivity index (χ1n) is 7.58. The minimum Gasteiger partial charge on any atom is -0.103 e. The van der Waals surface area contributed by atoms with Crippen LogP contribution < -0.4 is 0 Å². The van der Waals surface area contributed by atoms with E-state index in [1.807, 2.05) is 12.1 Å². The third kappa shape index (κ3) is 5.83. The summed E-state index contributed by atoms with van der Waals surface area (Å²) in [4.78, 5) is 0. The van der Waals surface area contributed by atoms with Crippen molar-refractivity contribution >= 4 is 5.57 Å². The van der Waals surface area contributed by atoms with Crippen molar-refractivity contribution < 1.29 is 0 Å². The lowest BCUT2D eigenvalue weighted by Crippen LogP contribution is -1.89. The van der Waals surface area contributed by atoms with Crippen molar-refractivity contribution in [2.24, 2.45) is 0 Å². The molecule has 0 fully saturated rings. The highest BCUT2D eigenvalue weighted by molar-refractivity contribution is 5.66. The molecule has 0 N–H and O–H groups in total. The molecular formula is C21H26. The number of rotatable bonds is 4. The van der Waals surface area contributed by atoms with E-state index in [1.54, 1.807) is 0 Å². The van der Waals surface area contributed by atoms with Gasteiger partial charge in [-0.05, 0) is 49.0 Å². The summed E-state index contributed by atoms with van der Waals surface area (Å²) in [7, 11) is 0. The van der Waals surface area contributed by atoms with Crippen molar-refractivity contribution in [3.05, 3.63) is 90.0 Å². The average Bonchev–Trinajstić information content (AvgIpc) is 2.56. The summed E-state index contributed by atoms with van der Waals surface area (Å²) in [6, 6.07) is 18.9. The van der Waals surface area contributed by atoms with Gasteiger partial charge in [-0.2, -0.15) is 0 Å². The first kappa shape index (κ1) is 17.0. The van der Waals surface area contributed by atoms with Gasteiger partial charge in [-0.25, -0.2) is 0 Å². The largest absolute Gasteiger partial charge is 0.103 e. The number of hydrogen-bond acceptors (Lipinski definition) is 0. The Bertz CT molecular complexity index is 562. The van der Waals surface area contributed by atoms with E-state index in [0.717, 1.165) is 12.8 Å². The highest BCUT2D eigenvalue weighted by Crippen LogP contribution is 2.19. The quantitative estimate of drug-likeness (QED) is 0.594. The van der Waals surface area contributed by atoms with Gasteiger partial charge >= 0.3 is 0 Å². The molecular weight excluding hydrogens is 252 g/mol. The molecule has 0 aliphatic carbocycles. The molecule has 2 rings (SSSR count). The summed E-state index contributed by atoms with van der Waals surface area (Å²) < 4.78 is 0. The van der Waals surface area contributed by atoms with Crippen LogP contribution in [0.1, 0.15) is 37.5 Å². The van der Waals surface area contributed by atoms with E-state index in [2.05, 4.69) is 82.0 Å². The van der Waals surface area contributed by atoms with Crippen LogP contribution in [-0.4, -0.2) is 0 Å². The number of allylic oxidation sites excluding steroid dienone is 3. The minimum atomic E-state index is 0.946. The van der Waals surface area contributed by atoms with Gasteiger partial charge in [-0.15, -0.1) is 6.58 Å². The lowest BCUT2D eigenvalue weighted by Gasteiger charge is -2.07. The van der Waals surface area contributed by atoms with Crippen LogP contribution in [0.2, 0.25) is 0 Å². The molecule has 0 heteroatoms. The standard InChI is InChI=1S/C13H16.C8H10/c1-4-8-12-9-6-7-10-13(12)11(3)5-2;1-2-8-6-4-3-5-7-8/h4-7,9-10H,1,8H2,2-3H3;3-7H,2H2,1H3/b11-5-;. The molecule has 2 aromatic rings. The van der Waals surface area contributed by atoms with Crippen molar-refractivity contribution in [1.29, 1.82) is 0 Å². The zero-order chi connectivity index (χ0) is 15.5. The Kier molecular flexibility index (Phi) is 7.89. The number of benzene rings is 2. The Morgan fingerprint density at radius 2 is 1.62 bits per heavy atom. The molecule has 110 valence electrons. The molecule has 0 nitrogen and oxygen atoms in total. The van der Waals surface area contributed by atoms with Gasteiger partial charge in [0.1, 0.15) is 0 Å². The van der Waals surface area contributed by atoms with Crippen LogP contribution in [0.5, 0.6) is 0 Å². The lowest BCUT2D eigenvalue weighted by molar-refractivity contribution is 1.14. The van der Waals surface area contributed by atoms with Gasteiger partial charge < -0.3 is 0 Å². The molecule has 0 unspecified atom stereocenters. The first-order valence-corrected chi connectivity index (χ1v) is 7.58. The molecule has 0 aromatic heterocycles. The topological polar surface area (TPSA) is 0 Å². The van der Waals surface area contributed by atoms with Crippen LogP contribution in [0.4, 0.5) is 0 Å². The van der Waals surface area contributed by atoms with Crippen LogP contribution in [0, 0.1) is 0 Å². The zero-order valence-electron chi connectivity index (χ0n) is 13.5. The van der Waals surface area contributed by atoms with E-state index in [1.165, 1.54) is 22.3 Å². The van der Waals surface area contributed by atoms with Crippen molar-refractivity contribution in [1.82, 2.24) is 0 Å².